The molecular formula is C40H68O6Si2. The lowest BCUT2D eigenvalue weighted by atomic mass is 9.59. The Labute approximate surface area is 296 Å². The summed E-state index contributed by atoms with van der Waals surface area (Å²) in [6.07, 6.45) is 14.2. The van der Waals surface area contributed by atoms with Crippen molar-refractivity contribution in [3.8, 4) is 0 Å². The summed E-state index contributed by atoms with van der Waals surface area (Å²) in [6, 6.07) is 0. The molecule has 0 aromatic rings. The van der Waals surface area contributed by atoms with E-state index in [1.165, 1.54) is 5.57 Å². The summed E-state index contributed by atoms with van der Waals surface area (Å²) in [7, 11) is -3.04. The summed E-state index contributed by atoms with van der Waals surface area (Å²) in [5, 5.41) is 0. The molecule has 0 spiro atoms. The van der Waals surface area contributed by atoms with Crippen LogP contribution in [0.2, 0.25) is 26.2 Å². The van der Waals surface area contributed by atoms with Gasteiger partial charge in [0, 0.05) is 17.8 Å². The van der Waals surface area contributed by atoms with Crippen LogP contribution in [-0.2, 0) is 27.9 Å². The third kappa shape index (κ3) is 9.13. The average molecular weight is 701 g/mol. The van der Waals surface area contributed by atoms with Gasteiger partial charge >= 0.3 is 11.9 Å². The third-order valence-electron chi connectivity index (χ3n) is 11.3. The van der Waals surface area contributed by atoms with Crippen molar-refractivity contribution in [1.29, 1.82) is 0 Å². The largest absolute Gasteiger partial charge is 0.461 e. The molecule has 2 aliphatic carbocycles. The molecule has 1 unspecified atom stereocenters. The van der Waals surface area contributed by atoms with Crippen LogP contribution in [-0.4, -0.2) is 53.9 Å². The van der Waals surface area contributed by atoms with Crippen molar-refractivity contribution >= 4 is 30.0 Å². The molecule has 1 aliphatic heterocycles. The summed E-state index contributed by atoms with van der Waals surface area (Å²) < 4.78 is 26.5. The second-order valence-electron chi connectivity index (χ2n) is 17.6. The van der Waals surface area contributed by atoms with Gasteiger partial charge in [-0.2, -0.15) is 0 Å². The molecule has 48 heavy (non-hydrogen) atoms. The number of esters is 2. The number of cyclic esters (lactones) is 1. The predicted molar refractivity (Wildman–Crippen MR) is 203 cm³/mol. The monoisotopic (exact) mass is 700 g/mol. The van der Waals surface area contributed by atoms with Crippen LogP contribution >= 0.6 is 0 Å². The van der Waals surface area contributed by atoms with Crippen molar-refractivity contribution in [3.63, 3.8) is 0 Å². The lowest BCUT2D eigenvalue weighted by Crippen LogP contribution is -2.58. The number of carbonyl (C=O) groups is 2. The van der Waals surface area contributed by atoms with Gasteiger partial charge in [-0.05, 0) is 93.5 Å². The lowest BCUT2D eigenvalue weighted by Gasteiger charge is -2.54. The molecule has 0 N–H and O–H groups in total. The fourth-order valence-corrected chi connectivity index (χ4v) is 10.7. The van der Waals surface area contributed by atoms with Crippen molar-refractivity contribution in [2.75, 3.05) is 0 Å². The maximum atomic E-state index is 14.3. The lowest BCUT2D eigenvalue weighted by molar-refractivity contribution is -0.181. The number of rotatable bonds is 14. The van der Waals surface area contributed by atoms with Gasteiger partial charge in [-0.3, -0.25) is 4.79 Å². The van der Waals surface area contributed by atoms with Gasteiger partial charge in [-0.1, -0.05) is 85.8 Å². The van der Waals surface area contributed by atoms with E-state index in [1.54, 1.807) is 0 Å². The van der Waals surface area contributed by atoms with E-state index in [1.807, 2.05) is 12.2 Å². The van der Waals surface area contributed by atoms with Crippen molar-refractivity contribution in [1.82, 2.24) is 0 Å². The van der Waals surface area contributed by atoms with Gasteiger partial charge < -0.3 is 18.3 Å². The number of ether oxygens (including phenoxy) is 2. The van der Waals surface area contributed by atoms with Crippen LogP contribution in [0.3, 0.4) is 0 Å². The first kappa shape index (κ1) is 40.7. The van der Waals surface area contributed by atoms with E-state index < -0.39 is 35.2 Å². The van der Waals surface area contributed by atoms with E-state index >= 15 is 0 Å². The smallest absolute Gasteiger partial charge is 0.334 e. The first-order valence-electron chi connectivity index (χ1n) is 18.6. The van der Waals surface area contributed by atoms with Crippen LogP contribution in [0.15, 0.2) is 49.1 Å². The summed E-state index contributed by atoms with van der Waals surface area (Å²) in [5.41, 5.74) is -0.193. The van der Waals surface area contributed by atoms with E-state index in [2.05, 4.69) is 113 Å². The second kappa shape index (κ2) is 16.1. The molecule has 0 aromatic heterocycles. The topological polar surface area (TPSA) is 71.1 Å². The van der Waals surface area contributed by atoms with Gasteiger partial charge in [0.05, 0.1) is 11.0 Å². The van der Waals surface area contributed by atoms with Crippen molar-refractivity contribution in [2.24, 2.45) is 39.9 Å². The summed E-state index contributed by atoms with van der Waals surface area (Å²) >= 11 is 0. The van der Waals surface area contributed by atoms with Crippen LogP contribution in [0.5, 0.6) is 0 Å². The molecule has 6 nitrogen and oxygen atoms in total. The number of hydrogen-bond donors (Lipinski definition) is 0. The Morgan fingerprint density at radius 3 is 2.15 bits per heavy atom. The minimum atomic E-state index is -1.59. The predicted octanol–water partition coefficient (Wildman–Crippen LogP) is 9.13. The molecule has 3 aliphatic rings. The van der Waals surface area contributed by atoms with Gasteiger partial charge in [0.15, 0.2) is 18.1 Å². The van der Waals surface area contributed by atoms with Gasteiger partial charge in [-0.15, -0.1) is 13.2 Å². The Morgan fingerprint density at radius 2 is 1.65 bits per heavy atom. The molecule has 8 atom stereocenters. The highest BCUT2D eigenvalue weighted by Crippen LogP contribution is 2.53. The third-order valence-corrected chi connectivity index (χ3v) is 13.0. The van der Waals surface area contributed by atoms with E-state index in [9.17, 15) is 9.59 Å². The Morgan fingerprint density at radius 1 is 1.02 bits per heavy atom. The van der Waals surface area contributed by atoms with Crippen molar-refractivity contribution in [3.05, 3.63) is 49.1 Å². The van der Waals surface area contributed by atoms with Crippen molar-refractivity contribution in [2.45, 2.75) is 150 Å². The molecule has 3 rings (SSSR count). The van der Waals surface area contributed by atoms with Gasteiger partial charge in [0.1, 0.15) is 18.3 Å². The number of fused-ring (bicyclic) bond motifs is 1. The molecule has 8 heteroatoms. The molecule has 0 aromatic carbocycles. The minimum absolute atomic E-state index is 0.00432. The number of allylic oxidation sites excluding steroid dienone is 4. The highest BCUT2D eigenvalue weighted by Gasteiger charge is 2.55. The summed E-state index contributed by atoms with van der Waals surface area (Å²) in [6.45, 7) is 34.3. The molecule has 0 amide bonds. The van der Waals surface area contributed by atoms with Crippen LogP contribution in [0.25, 0.3) is 0 Å². The van der Waals surface area contributed by atoms with E-state index in [4.69, 9.17) is 18.3 Å². The van der Waals surface area contributed by atoms with Gasteiger partial charge in [0.25, 0.3) is 0 Å². The molecule has 1 heterocycles. The zero-order chi connectivity index (χ0) is 36.2. The van der Waals surface area contributed by atoms with Crippen LogP contribution in [0.4, 0.5) is 0 Å². The first-order valence-corrected chi connectivity index (χ1v) is 24.2. The average Bonchev–Trinajstić information content (AvgIpc) is 2.97. The minimum Gasteiger partial charge on any atom is -0.461 e. The van der Waals surface area contributed by atoms with Gasteiger partial charge in [-0.25, -0.2) is 4.79 Å². The molecule has 0 bridgehead atoms. The zero-order valence-electron chi connectivity index (χ0n) is 32.4. The van der Waals surface area contributed by atoms with Crippen LogP contribution < -0.4 is 0 Å². The fourth-order valence-electron chi connectivity index (χ4n) is 8.41. The number of carbonyl (C=O) groups excluding carboxylic acids is 2. The highest BCUT2D eigenvalue weighted by atomic mass is 28.3. The summed E-state index contributed by atoms with van der Waals surface area (Å²) in [5.74, 6) is -0.137. The van der Waals surface area contributed by atoms with Gasteiger partial charge in [0.2, 0.25) is 0 Å². The molecular weight excluding hydrogens is 633 g/mol. The molecule has 0 radical (unpaired) electrons. The first-order chi connectivity index (χ1) is 22.2. The second-order valence-corrected chi connectivity index (χ2v) is 22.3. The molecule has 0 saturated carbocycles. The van der Waals surface area contributed by atoms with Crippen LogP contribution in [0, 0.1) is 39.9 Å². The Kier molecular flexibility index (Phi) is 13.6. The summed E-state index contributed by atoms with van der Waals surface area (Å²) in [4.78, 5) is 27.8. The quantitative estimate of drug-likeness (QED) is 0.102. The van der Waals surface area contributed by atoms with E-state index in [-0.39, 0.29) is 58.6 Å². The van der Waals surface area contributed by atoms with E-state index in [0.29, 0.717) is 32.1 Å². The standard InChI is InChI=1S/C40H68O6Si2/c1-15-21-39(17-3,22-16-2)36(42)44-32-25-29(37(5,6)7)24-28-19-18-27(4)40(33(28)32,46-48(13)14)23-20-30-26-31(38(8,9)10)34(35(41)43-30)45-47(11)12/h15-16,18-19,24,27,29-34,47-48H,1-2,17,20-23,25-26H2,3-14H3/t27-,29+,30+,31-,32-,33+,34?,40-/m0/s1. The number of hydrogen-bond acceptors (Lipinski definition) is 6. The SMILES string of the molecule is C=CCC(CC)(CC=C)C(=O)O[C@H]1C[C@H](C(C)(C)C)C=C2C=C[C@H](C)[C@](CC[C@@H]3C[C@H](C(C)(C)C)C(O[SiH](C)C)C(=O)O3)(O[SiH](C)C)[C@H]21. The molecule has 272 valence electrons. The van der Waals surface area contributed by atoms with Crippen molar-refractivity contribution < 1.29 is 27.9 Å². The zero-order valence-corrected chi connectivity index (χ0v) is 34.7. The Hall–Kier alpha value is -1.75. The Balaban J connectivity index is 2.07. The fraction of sp³-hybridized carbons (Fsp3) is 0.750. The normalized spacial score (nSPS) is 31.2. The van der Waals surface area contributed by atoms with E-state index in [0.717, 1.165) is 12.8 Å². The molecule has 1 fully saturated rings. The molecule has 1 saturated heterocycles. The Bertz CT molecular complexity index is 1200. The van der Waals surface area contributed by atoms with Crippen LogP contribution in [0.1, 0.15) is 100 Å². The maximum Gasteiger partial charge on any atom is 0.334 e. The highest BCUT2D eigenvalue weighted by molar-refractivity contribution is 6.49. The maximum absolute atomic E-state index is 14.3.